The van der Waals surface area contributed by atoms with Crippen LogP contribution in [0, 0.1) is 11.6 Å². The molecule has 0 bridgehead atoms. The highest BCUT2D eigenvalue weighted by Crippen LogP contribution is 2.30. The Bertz CT molecular complexity index is 964. The number of carbonyl (C=O) groups is 3. The summed E-state index contributed by atoms with van der Waals surface area (Å²) < 4.78 is 26.3. The summed E-state index contributed by atoms with van der Waals surface area (Å²) in [6.07, 6.45) is -0.173. The van der Waals surface area contributed by atoms with Crippen LogP contribution in [0.25, 0.3) is 0 Å². The van der Waals surface area contributed by atoms with E-state index in [4.69, 9.17) is 5.73 Å². The average molecular weight is 418 g/mol. The van der Waals surface area contributed by atoms with E-state index in [1.807, 2.05) is 5.32 Å². The lowest BCUT2D eigenvalue weighted by Crippen LogP contribution is -2.48. The summed E-state index contributed by atoms with van der Waals surface area (Å²) >= 11 is 0.982. The van der Waals surface area contributed by atoms with Crippen molar-refractivity contribution in [2.24, 2.45) is 10.7 Å². The zero-order chi connectivity index (χ0) is 21.0. The molecule has 3 N–H and O–H groups in total. The van der Waals surface area contributed by atoms with Crippen molar-refractivity contribution in [2.45, 2.75) is 18.2 Å². The fourth-order valence-corrected chi connectivity index (χ4v) is 3.70. The summed E-state index contributed by atoms with van der Waals surface area (Å²) in [6, 6.07) is 9.89. The number of nitrogens with two attached hydrogens (primary N) is 1. The number of nitrogens with one attached hydrogen (secondary N) is 1. The predicted molar refractivity (Wildman–Crippen MR) is 104 cm³/mol. The normalized spacial score (nSPS) is 18.0. The number of halogens is 2. The summed E-state index contributed by atoms with van der Waals surface area (Å²) in [5.74, 6) is -1.96. The van der Waals surface area contributed by atoms with Crippen molar-refractivity contribution in [1.29, 1.82) is 0 Å². The van der Waals surface area contributed by atoms with Gasteiger partial charge in [0.2, 0.25) is 11.8 Å². The summed E-state index contributed by atoms with van der Waals surface area (Å²) in [4.78, 5) is 41.6. The highest BCUT2D eigenvalue weighted by Gasteiger charge is 2.36. The molecule has 2 aromatic rings. The van der Waals surface area contributed by atoms with Crippen LogP contribution < -0.4 is 11.1 Å². The van der Waals surface area contributed by atoms with Crippen LogP contribution in [0.2, 0.25) is 0 Å². The SMILES string of the molecule is NC(=O)NC(=O)[C@H]1CC(=O)N(Cc2ccc(F)cc2)C(=Nc2ccc(F)cc2)S1. The molecule has 1 aliphatic rings. The monoisotopic (exact) mass is 418 g/mol. The molecule has 0 radical (unpaired) electrons. The smallest absolute Gasteiger partial charge is 0.318 e. The molecule has 2 aromatic carbocycles. The molecule has 29 heavy (non-hydrogen) atoms. The number of urea groups is 1. The Morgan fingerprint density at radius 2 is 1.69 bits per heavy atom. The zero-order valence-electron chi connectivity index (χ0n) is 15.0. The molecule has 0 spiro atoms. The molecule has 7 nitrogen and oxygen atoms in total. The largest absolute Gasteiger partial charge is 0.351 e. The third kappa shape index (κ3) is 5.38. The van der Waals surface area contributed by atoms with Crippen molar-refractivity contribution in [3.05, 3.63) is 65.7 Å². The number of hydrogen-bond acceptors (Lipinski definition) is 5. The lowest BCUT2D eigenvalue weighted by molar-refractivity contribution is -0.130. The van der Waals surface area contributed by atoms with Crippen LogP contribution >= 0.6 is 11.8 Å². The molecule has 0 aliphatic carbocycles. The van der Waals surface area contributed by atoms with Crippen LogP contribution in [0.15, 0.2) is 53.5 Å². The number of amides is 4. The van der Waals surface area contributed by atoms with Crippen molar-refractivity contribution in [1.82, 2.24) is 10.2 Å². The van der Waals surface area contributed by atoms with Crippen LogP contribution in [-0.2, 0) is 16.1 Å². The number of primary amides is 1. The van der Waals surface area contributed by atoms with Crippen LogP contribution in [0.5, 0.6) is 0 Å². The van der Waals surface area contributed by atoms with Crippen LogP contribution in [0.1, 0.15) is 12.0 Å². The Morgan fingerprint density at radius 3 is 2.28 bits per heavy atom. The molecule has 0 saturated carbocycles. The highest BCUT2D eigenvalue weighted by atomic mass is 32.2. The Morgan fingerprint density at radius 1 is 1.10 bits per heavy atom. The van der Waals surface area contributed by atoms with Crippen LogP contribution in [-0.4, -0.2) is 33.2 Å². The van der Waals surface area contributed by atoms with E-state index in [1.54, 1.807) is 0 Å². The van der Waals surface area contributed by atoms with Gasteiger partial charge in [-0.2, -0.15) is 0 Å². The van der Waals surface area contributed by atoms with Crippen LogP contribution in [0.4, 0.5) is 19.3 Å². The van der Waals surface area contributed by atoms with Gasteiger partial charge in [0.25, 0.3) is 0 Å². The van der Waals surface area contributed by atoms with Gasteiger partial charge in [0.05, 0.1) is 12.2 Å². The third-order valence-corrected chi connectivity index (χ3v) is 5.17. The minimum Gasteiger partial charge on any atom is -0.351 e. The fraction of sp³-hybridized carbons (Fsp3) is 0.158. The second-order valence-electron chi connectivity index (χ2n) is 6.14. The number of rotatable bonds is 4. The highest BCUT2D eigenvalue weighted by molar-refractivity contribution is 8.15. The van der Waals surface area contributed by atoms with Gasteiger partial charge in [-0.05, 0) is 42.0 Å². The molecule has 3 rings (SSSR count). The number of imide groups is 1. The van der Waals surface area contributed by atoms with Gasteiger partial charge >= 0.3 is 6.03 Å². The molecule has 1 saturated heterocycles. The van der Waals surface area contributed by atoms with E-state index in [0.717, 1.165) is 11.8 Å². The minimum absolute atomic E-state index is 0.107. The number of thioether (sulfide) groups is 1. The maximum atomic E-state index is 13.2. The molecule has 4 amide bonds. The Labute approximate surface area is 169 Å². The van der Waals surface area contributed by atoms with Gasteiger partial charge in [-0.3, -0.25) is 19.8 Å². The first-order valence-corrected chi connectivity index (χ1v) is 9.36. The molecule has 1 aliphatic heterocycles. The standard InChI is InChI=1S/C19H16F2N4O3S/c20-12-3-1-11(2-4-12)10-25-16(26)9-15(17(27)24-18(22)28)29-19(25)23-14-7-5-13(21)6-8-14/h1-8,15H,9-10H2,(H3,22,24,27,28)/t15-/m1/s1. The van der Waals surface area contributed by atoms with Crippen molar-refractivity contribution < 1.29 is 23.2 Å². The predicted octanol–water partition coefficient (Wildman–Crippen LogP) is 2.68. The van der Waals surface area contributed by atoms with E-state index in [9.17, 15) is 23.2 Å². The number of hydrogen-bond donors (Lipinski definition) is 2. The van der Waals surface area contributed by atoms with Gasteiger partial charge < -0.3 is 5.73 Å². The van der Waals surface area contributed by atoms with Gasteiger partial charge in [-0.15, -0.1) is 0 Å². The first-order chi connectivity index (χ1) is 13.8. The number of aliphatic imine (C=N–C) groups is 1. The Hall–Kier alpha value is -3.27. The molecule has 150 valence electrons. The minimum atomic E-state index is -1.02. The fourth-order valence-electron chi connectivity index (χ4n) is 2.60. The molecule has 0 aromatic heterocycles. The van der Waals surface area contributed by atoms with Gasteiger partial charge in [0.1, 0.15) is 16.9 Å². The number of nitrogens with zero attached hydrogens (tertiary/aromatic N) is 2. The third-order valence-electron chi connectivity index (χ3n) is 3.98. The van der Waals surface area contributed by atoms with Gasteiger partial charge in [0.15, 0.2) is 5.17 Å². The lowest BCUT2D eigenvalue weighted by Gasteiger charge is -2.31. The summed E-state index contributed by atoms with van der Waals surface area (Å²) in [5.41, 5.74) is 6.01. The molecule has 10 heteroatoms. The van der Waals surface area contributed by atoms with Gasteiger partial charge in [-0.25, -0.2) is 18.6 Å². The van der Waals surface area contributed by atoms with E-state index in [1.165, 1.54) is 53.4 Å². The van der Waals surface area contributed by atoms with Crippen molar-refractivity contribution in [3.8, 4) is 0 Å². The number of benzene rings is 2. The number of carbonyl (C=O) groups excluding carboxylic acids is 3. The van der Waals surface area contributed by atoms with Gasteiger partial charge in [-0.1, -0.05) is 23.9 Å². The molecule has 0 unspecified atom stereocenters. The molecule has 1 heterocycles. The maximum absolute atomic E-state index is 13.2. The van der Waals surface area contributed by atoms with Crippen LogP contribution in [0.3, 0.4) is 0 Å². The van der Waals surface area contributed by atoms with Crippen molar-refractivity contribution in [3.63, 3.8) is 0 Å². The Kier molecular flexibility index (Phi) is 6.23. The topological polar surface area (TPSA) is 105 Å². The Balaban J connectivity index is 1.90. The molecular formula is C19H16F2N4O3S. The van der Waals surface area contributed by atoms with E-state index in [2.05, 4.69) is 4.99 Å². The maximum Gasteiger partial charge on any atom is 0.318 e. The quantitative estimate of drug-likeness (QED) is 0.796. The van der Waals surface area contributed by atoms with E-state index in [-0.39, 0.29) is 18.1 Å². The summed E-state index contributed by atoms with van der Waals surface area (Å²) in [5, 5.41) is 1.25. The molecule has 1 fully saturated rings. The van der Waals surface area contributed by atoms with Crippen molar-refractivity contribution >= 4 is 40.5 Å². The lowest BCUT2D eigenvalue weighted by atomic mass is 10.2. The van der Waals surface area contributed by atoms with E-state index in [0.29, 0.717) is 11.3 Å². The second kappa shape index (κ2) is 8.82. The van der Waals surface area contributed by atoms with E-state index < -0.39 is 34.7 Å². The zero-order valence-corrected chi connectivity index (χ0v) is 15.8. The average Bonchev–Trinajstić information content (AvgIpc) is 2.67. The summed E-state index contributed by atoms with van der Waals surface area (Å²) in [7, 11) is 0. The van der Waals surface area contributed by atoms with Gasteiger partial charge in [0, 0.05) is 6.42 Å². The molecule has 1 atom stereocenters. The summed E-state index contributed by atoms with van der Waals surface area (Å²) in [6.45, 7) is 0.107. The molecular weight excluding hydrogens is 402 g/mol. The number of amidine groups is 1. The second-order valence-corrected chi connectivity index (χ2v) is 7.31. The first kappa shape index (κ1) is 20.5. The first-order valence-electron chi connectivity index (χ1n) is 8.48. The van der Waals surface area contributed by atoms with E-state index >= 15 is 0 Å². The van der Waals surface area contributed by atoms with Crippen molar-refractivity contribution in [2.75, 3.05) is 0 Å².